The Balaban J connectivity index is 2.83. The Bertz CT molecular complexity index is 42.7. The first-order valence-electron chi connectivity index (χ1n) is 2.18. The lowest BCUT2D eigenvalue weighted by atomic mass is 10.4. The van der Waals surface area contributed by atoms with Gasteiger partial charge < -0.3 is 5.32 Å². The zero-order valence-electron chi connectivity index (χ0n) is 4.28. The fourth-order valence-corrected chi connectivity index (χ4v) is 0.435. The molecule has 0 spiro atoms. The molecule has 7 heavy (non-hydrogen) atoms. The van der Waals surface area contributed by atoms with E-state index in [9.17, 15) is 5.11 Å². The second-order valence-electron chi connectivity index (χ2n) is 1.32. The van der Waals surface area contributed by atoms with Crippen molar-refractivity contribution in [2.75, 3.05) is 20.2 Å². The van der Waals surface area contributed by atoms with Crippen LogP contribution in [0.3, 0.4) is 0 Å². The van der Waals surface area contributed by atoms with Gasteiger partial charge in [-0.15, -0.1) is 11.6 Å². The molecule has 1 N–H and O–H groups in total. The van der Waals surface area contributed by atoms with Crippen LogP contribution in [0.2, 0.25) is 0 Å². The van der Waals surface area contributed by atoms with Crippen molar-refractivity contribution in [2.45, 2.75) is 5.38 Å². The third-order valence-electron chi connectivity index (χ3n) is 0.606. The first-order valence-corrected chi connectivity index (χ1v) is 2.61. The van der Waals surface area contributed by atoms with Crippen molar-refractivity contribution in [2.24, 2.45) is 0 Å². The molecule has 0 fully saturated rings. The predicted molar refractivity (Wildman–Crippen MR) is 29.1 cm³/mol. The van der Waals surface area contributed by atoms with E-state index in [1.54, 1.807) is 7.05 Å². The molecule has 0 aliphatic carbocycles. The molecule has 3 heteroatoms. The molecule has 0 aliphatic heterocycles. The van der Waals surface area contributed by atoms with E-state index in [1.807, 2.05) is 0 Å². The molecule has 0 aromatic heterocycles. The Labute approximate surface area is 48.5 Å². The molecular weight excluding hydrogens is 114 g/mol. The average Bonchev–Trinajstić information content (AvgIpc) is 1.68. The van der Waals surface area contributed by atoms with Gasteiger partial charge in [0.2, 0.25) is 0 Å². The summed E-state index contributed by atoms with van der Waals surface area (Å²) < 4.78 is 0. The lowest BCUT2D eigenvalue weighted by Crippen LogP contribution is -2.21. The van der Waals surface area contributed by atoms with E-state index < -0.39 is 0 Å². The smallest absolute Gasteiger partial charge is 0.0998 e. The fraction of sp³-hybridized carbons (Fsp3) is 1.00. The highest BCUT2D eigenvalue weighted by molar-refractivity contribution is 6.20. The van der Waals surface area contributed by atoms with Gasteiger partial charge in [-0.1, -0.05) is 0 Å². The normalized spacial score (nSPS) is 14.1. The molecule has 0 saturated carbocycles. The van der Waals surface area contributed by atoms with E-state index in [0.717, 1.165) is 0 Å². The molecular formula is C4H9ClNO. The van der Waals surface area contributed by atoms with Crippen LogP contribution >= 0.6 is 11.6 Å². The maximum atomic E-state index is 9.85. The zero-order chi connectivity index (χ0) is 5.70. The van der Waals surface area contributed by atoms with Gasteiger partial charge in [-0.3, -0.25) is 0 Å². The number of hydrogen-bond acceptors (Lipinski definition) is 1. The quantitative estimate of drug-likeness (QED) is 0.535. The highest BCUT2D eigenvalue weighted by Crippen LogP contribution is 1.89. The summed E-state index contributed by atoms with van der Waals surface area (Å²) in [6.07, 6.45) is 0. The molecule has 2 nitrogen and oxygen atoms in total. The first kappa shape index (κ1) is 7.21. The van der Waals surface area contributed by atoms with E-state index >= 15 is 0 Å². The highest BCUT2D eigenvalue weighted by Gasteiger charge is 1.97. The van der Waals surface area contributed by atoms with Crippen LogP contribution in [-0.4, -0.2) is 25.6 Å². The van der Waals surface area contributed by atoms with Crippen molar-refractivity contribution in [1.82, 2.24) is 5.32 Å². The van der Waals surface area contributed by atoms with Crippen molar-refractivity contribution < 1.29 is 5.11 Å². The van der Waals surface area contributed by atoms with Crippen LogP contribution in [0.25, 0.3) is 0 Å². The van der Waals surface area contributed by atoms with Crippen molar-refractivity contribution >= 4 is 11.6 Å². The summed E-state index contributed by atoms with van der Waals surface area (Å²) in [6, 6.07) is 0. The standard InChI is InChI=1S/C4H9ClNO/c1-6-2-4(5)3-7/h4,6H,2-3H2,1H3. The van der Waals surface area contributed by atoms with Crippen LogP contribution in [-0.2, 0) is 5.11 Å². The number of nitrogens with one attached hydrogen (secondary N) is 1. The predicted octanol–water partition coefficient (Wildman–Crippen LogP) is 0.244. The van der Waals surface area contributed by atoms with E-state index in [0.29, 0.717) is 6.54 Å². The lowest BCUT2D eigenvalue weighted by molar-refractivity contribution is 0.192. The van der Waals surface area contributed by atoms with Gasteiger partial charge in [-0.25, -0.2) is 5.11 Å². The number of halogens is 1. The van der Waals surface area contributed by atoms with E-state index in [2.05, 4.69) is 5.32 Å². The molecule has 0 aromatic carbocycles. The second kappa shape index (κ2) is 4.37. The van der Waals surface area contributed by atoms with Gasteiger partial charge in [0.1, 0.15) is 0 Å². The van der Waals surface area contributed by atoms with Gasteiger partial charge in [0, 0.05) is 6.54 Å². The summed E-state index contributed by atoms with van der Waals surface area (Å²) in [5.74, 6) is 0. The third-order valence-corrected chi connectivity index (χ3v) is 0.887. The Hall–Kier alpha value is 0.210. The van der Waals surface area contributed by atoms with Gasteiger partial charge in [0.05, 0.1) is 12.0 Å². The monoisotopic (exact) mass is 122 g/mol. The highest BCUT2D eigenvalue weighted by atomic mass is 35.5. The molecule has 0 aromatic rings. The maximum Gasteiger partial charge on any atom is 0.0998 e. The van der Waals surface area contributed by atoms with Gasteiger partial charge >= 0.3 is 0 Å². The topological polar surface area (TPSA) is 31.9 Å². The van der Waals surface area contributed by atoms with Gasteiger partial charge in [0.15, 0.2) is 0 Å². The summed E-state index contributed by atoms with van der Waals surface area (Å²) in [4.78, 5) is 0. The largest absolute Gasteiger partial charge is 0.318 e. The molecule has 0 bridgehead atoms. The SMILES string of the molecule is CNCC(Cl)C[O]. The molecule has 0 heterocycles. The Morgan fingerprint density at radius 3 is 2.57 bits per heavy atom. The minimum atomic E-state index is -0.245. The molecule has 0 amide bonds. The molecule has 1 unspecified atom stereocenters. The molecule has 0 rings (SSSR count). The zero-order valence-corrected chi connectivity index (χ0v) is 5.03. The summed E-state index contributed by atoms with van der Waals surface area (Å²) >= 11 is 5.39. The van der Waals surface area contributed by atoms with Crippen LogP contribution in [0, 0.1) is 0 Å². The second-order valence-corrected chi connectivity index (χ2v) is 1.94. The van der Waals surface area contributed by atoms with Crippen molar-refractivity contribution in [3.8, 4) is 0 Å². The van der Waals surface area contributed by atoms with Crippen LogP contribution in [0.5, 0.6) is 0 Å². The Morgan fingerprint density at radius 2 is 2.43 bits per heavy atom. The summed E-state index contributed by atoms with van der Waals surface area (Å²) in [6.45, 7) is 0.396. The van der Waals surface area contributed by atoms with Crippen molar-refractivity contribution in [3.63, 3.8) is 0 Å². The van der Waals surface area contributed by atoms with E-state index in [1.165, 1.54) is 0 Å². The summed E-state index contributed by atoms with van der Waals surface area (Å²) in [5.41, 5.74) is 0. The lowest BCUT2D eigenvalue weighted by Gasteiger charge is -1.99. The van der Waals surface area contributed by atoms with Crippen LogP contribution in [0.15, 0.2) is 0 Å². The first-order chi connectivity index (χ1) is 3.31. The summed E-state index contributed by atoms with van der Waals surface area (Å²) in [7, 11) is 1.77. The fourth-order valence-electron chi connectivity index (χ4n) is 0.280. The number of hydrogen-bond donors (Lipinski definition) is 1. The summed E-state index contributed by atoms with van der Waals surface area (Å²) in [5, 5.41) is 12.4. The van der Waals surface area contributed by atoms with Crippen molar-refractivity contribution in [3.05, 3.63) is 0 Å². The Morgan fingerprint density at radius 1 is 1.86 bits per heavy atom. The van der Waals surface area contributed by atoms with Crippen molar-refractivity contribution in [1.29, 1.82) is 0 Å². The van der Waals surface area contributed by atoms with Gasteiger partial charge in [-0.2, -0.15) is 0 Å². The van der Waals surface area contributed by atoms with Crippen LogP contribution in [0.4, 0.5) is 0 Å². The third kappa shape index (κ3) is 4.05. The molecule has 1 radical (unpaired) electrons. The van der Waals surface area contributed by atoms with Gasteiger partial charge in [0.25, 0.3) is 0 Å². The van der Waals surface area contributed by atoms with E-state index in [-0.39, 0.29) is 12.0 Å². The van der Waals surface area contributed by atoms with E-state index in [4.69, 9.17) is 11.6 Å². The van der Waals surface area contributed by atoms with Crippen LogP contribution in [0.1, 0.15) is 0 Å². The average molecular weight is 123 g/mol. The molecule has 1 atom stereocenters. The Kier molecular flexibility index (Phi) is 4.50. The van der Waals surface area contributed by atoms with Gasteiger partial charge in [-0.05, 0) is 7.05 Å². The molecule has 0 saturated heterocycles. The minimum Gasteiger partial charge on any atom is -0.318 e. The maximum absolute atomic E-state index is 9.85. The number of rotatable bonds is 3. The van der Waals surface area contributed by atoms with Crippen LogP contribution < -0.4 is 5.32 Å². The molecule has 0 aliphatic rings. The molecule has 43 valence electrons. The number of alkyl halides is 1. The minimum absolute atomic E-state index is 0.206.